The zero-order valence-electron chi connectivity index (χ0n) is 13.8. The molecule has 0 bridgehead atoms. The van der Waals surface area contributed by atoms with Crippen LogP contribution in [0.1, 0.15) is 44.7 Å². The molecule has 0 saturated heterocycles. The van der Waals surface area contributed by atoms with Crippen molar-refractivity contribution in [3.8, 4) is 11.5 Å². The van der Waals surface area contributed by atoms with Crippen molar-refractivity contribution < 1.29 is 14.2 Å². The van der Waals surface area contributed by atoms with Gasteiger partial charge in [0.25, 0.3) is 0 Å². The van der Waals surface area contributed by atoms with Crippen LogP contribution in [0.2, 0.25) is 0 Å². The van der Waals surface area contributed by atoms with Gasteiger partial charge in [-0.25, -0.2) is 0 Å². The highest BCUT2D eigenvalue weighted by Gasteiger charge is 2.16. The van der Waals surface area contributed by atoms with Gasteiger partial charge in [0.1, 0.15) is 11.5 Å². The highest BCUT2D eigenvalue weighted by atomic mass is 16.5. The van der Waals surface area contributed by atoms with Gasteiger partial charge in [-0.3, -0.25) is 0 Å². The van der Waals surface area contributed by atoms with E-state index in [0.717, 1.165) is 36.6 Å². The largest absolute Gasteiger partial charge is 0.497 e. The number of hydrogen-bond donors (Lipinski definition) is 1. The van der Waals surface area contributed by atoms with Gasteiger partial charge < -0.3 is 19.5 Å². The minimum Gasteiger partial charge on any atom is -0.497 e. The normalized spacial score (nSPS) is 12.2. The Labute approximate surface area is 128 Å². The smallest absolute Gasteiger partial charge is 0.123 e. The maximum Gasteiger partial charge on any atom is 0.123 e. The molecule has 1 N–H and O–H groups in total. The quantitative estimate of drug-likeness (QED) is 0.634. The van der Waals surface area contributed by atoms with Crippen LogP contribution < -0.4 is 14.8 Å². The standard InChI is InChI=1S/C17H29NO3/c1-5-7-8-11-21-13-16(18-6-2)15-12-14(19-3)9-10-17(15)20-4/h9-10,12,16,18H,5-8,11,13H2,1-4H3. The summed E-state index contributed by atoms with van der Waals surface area (Å²) in [5.74, 6) is 1.69. The molecular formula is C17H29NO3. The highest BCUT2D eigenvalue weighted by Crippen LogP contribution is 2.29. The molecule has 1 unspecified atom stereocenters. The van der Waals surface area contributed by atoms with E-state index < -0.39 is 0 Å². The van der Waals surface area contributed by atoms with E-state index in [9.17, 15) is 0 Å². The van der Waals surface area contributed by atoms with Crippen LogP contribution in [0.3, 0.4) is 0 Å². The van der Waals surface area contributed by atoms with Gasteiger partial charge in [0, 0.05) is 12.2 Å². The number of likely N-dealkylation sites (N-methyl/N-ethyl adjacent to an activating group) is 1. The van der Waals surface area contributed by atoms with Gasteiger partial charge >= 0.3 is 0 Å². The molecule has 4 nitrogen and oxygen atoms in total. The Balaban J connectivity index is 2.73. The van der Waals surface area contributed by atoms with E-state index in [-0.39, 0.29) is 6.04 Å². The minimum atomic E-state index is 0.113. The molecule has 0 spiro atoms. The van der Waals surface area contributed by atoms with Crippen LogP contribution in [0.25, 0.3) is 0 Å². The number of ether oxygens (including phenoxy) is 3. The molecule has 0 radical (unpaired) electrons. The summed E-state index contributed by atoms with van der Waals surface area (Å²) in [6.45, 7) is 6.62. The molecule has 4 heteroatoms. The van der Waals surface area contributed by atoms with Crippen LogP contribution in [0.5, 0.6) is 11.5 Å². The summed E-state index contributed by atoms with van der Waals surface area (Å²) in [5, 5.41) is 3.46. The number of hydrogen-bond acceptors (Lipinski definition) is 4. The number of benzene rings is 1. The lowest BCUT2D eigenvalue weighted by molar-refractivity contribution is 0.107. The van der Waals surface area contributed by atoms with Crippen LogP contribution in [0.4, 0.5) is 0 Å². The van der Waals surface area contributed by atoms with Crippen molar-refractivity contribution in [2.24, 2.45) is 0 Å². The zero-order valence-corrected chi connectivity index (χ0v) is 13.8. The van der Waals surface area contributed by atoms with Crippen molar-refractivity contribution in [1.29, 1.82) is 0 Å². The Kier molecular flexibility index (Phi) is 8.87. The van der Waals surface area contributed by atoms with Gasteiger partial charge in [0.15, 0.2) is 0 Å². The summed E-state index contributed by atoms with van der Waals surface area (Å²) in [7, 11) is 3.37. The molecule has 1 aromatic carbocycles. The Morgan fingerprint density at radius 2 is 1.90 bits per heavy atom. The predicted octanol–water partition coefficient (Wildman–Crippen LogP) is 3.56. The molecule has 0 aliphatic heterocycles. The summed E-state index contributed by atoms with van der Waals surface area (Å²) in [6, 6.07) is 5.98. The van der Waals surface area contributed by atoms with Crippen molar-refractivity contribution in [3.05, 3.63) is 23.8 Å². The van der Waals surface area contributed by atoms with E-state index >= 15 is 0 Å². The average molecular weight is 295 g/mol. The first-order valence-corrected chi connectivity index (χ1v) is 7.79. The average Bonchev–Trinajstić information content (AvgIpc) is 2.53. The van der Waals surface area contributed by atoms with Crippen LogP contribution >= 0.6 is 0 Å². The van der Waals surface area contributed by atoms with Crippen molar-refractivity contribution in [1.82, 2.24) is 5.32 Å². The third kappa shape index (κ3) is 5.94. The fraction of sp³-hybridized carbons (Fsp3) is 0.647. The van der Waals surface area contributed by atoms with Gasteiger partial charge in [-0.15, -0.1) is 0 Å². The predicted molar refractivity (Wildman–Crippen MR) is 86.3 cm³/mol. The highest BCUT2D eigenvalue weighted by molar-refractivity contribution is 5.42. The van der Waals surface area contributed by atoms with Gasteiger partial charge in [-0.2, -0.15) is 0 Å². The maximum atomic E-state index is 5.82. The molecule has 0 aliphatic rings. The number of methoxy groups -OCH3 is 2. The second-order valence-electron chi connectivity index (χ2n) is 5.00. The van der Waals surface area contributed by atoms with Gasteiger partial charge in [-0.1, -0.05) is 26.7 Å². The van der Waals surface area contributed by atoms with Crippen molar-refractivity contribution in [2.45, 2.75) is 39.2 Å². The minimum absolute atomic E-state index is 0.113. The van der Waals surface area contributed by atoms with Crippen LogP contribution in [-0.2, 0) is 4.74 Å². The van der Waals surface area contributed by atoms with Crippen LogP contribution in [-0.4, -0.2) is 34.0 Å². The van der Waals surface area contributed by atoms with E-state index in [2.05, 4.69) is 19.2 Å². The van der Waals surface area contributed by atoms with E-state index in [1.165, 1.54) is 12.8 Å². The third-order valence-electron chi connectivity index (χ3n) is 3.44. The first-order valence-electron chi connectivity index (χ1n) is 7.79. The fourth-order valence-electron chi connectivity index (χ4n) is 2.27. The van der Waals surface area contributed by atoms with Crippen molar-refractivity contribution in [3.63, 3.8) is 0 Å². The van der Waals surface area contributed by atoms with E-state index in [4.69, 9.17) is 14.2 Å². The number of rotatable bonds is 11. The first-order chi connectivity index (χ1) is 10.3. The molecule has 0 heterocycles. The second kappa shape index (κ2) is 10.5. The molecule has 21 heavy (non-hydrogen) atoms. The molecular weight excluding hydrogens is 266 g/mol. The van der Waals surface area contributed by atoms with E-state index in [0.29, 0.717) is 6.61 Å². The molecule has 1 rings (SSSR count). The Morgan fingerprint density at radius 1 is 1.10 bits per heavy atom. The molecule has 0 aromatic heterocycles. The third-order valence-corrected chi connectivity index (χ3v) is 3.44. The van der Waals surface area contributed by atoms with Gasteiger partial charge in [0.2, 0.25) is 0 Å². The molecule has 120 valence electrons. The second-order valence-corrected chi connectivity index (χ2v) is 5.00. The zero-order chi connectivity index (χ0) is 15.5. The Hall–Kier alpha value is -1.26. The van der Waals surface area contributed by atoms with Crippen LogP contribution in [0, 0.1) is 0 Å². The molecule has 0 saturated carbocycles. The molecule has 1 atom stereocenters. The molecule has 1 aromatic rings. The topological polar surface area (TPSA) is 39.7 Å². The van der Waals surface area contributed by atoms with Gasteiger partial charge in [0.05, 0.1) is 26.9 Å². The summed E-state index contributed by atoms with van der Waals surface area (Å²) >= 11 is 0. The Bertz CT molecular complexity index is 396. The van der Waals surface area contributed by atoms with Crippen LogP contribution in [0.15, 0.2) is 18.2 Å². The maximum absolute atomic E-state index is 5.82. The summed E-state index contributed by atoms with van der Waals surface area (Å²) < 4.78 is 16.6. The molecule has 0 fully saturated rings. The van der Waals surface area contributed by atoms with Crippen molar-refractivity contribution in [2.75, 3.05) is 34.0 Å². The van der Waals surface area contributed by atoms with E-state index in [1.807, 2.05) is 18.2 Å². The van der Waals surface area contributed by atoms with Crippen molar-refractivity contribution >= 4 is 0 Å². The first kappa shape index (κ1) is 17.8. The summed E-state index contributed by atoms with van der Waals surface area (Å²) in [4.78, 5) is 0. The van der Waals surface area contributed by atoms with E-state index in [1.54, 1.807) is 14.2 Å². The lowest BCUT2D eigenvalue weighted by Gasteiger charge is -2.21. The fourth-order valence-corrected chi connectivity index (χ4v) is 2.27. The van der Waals surface area contributed by atoms with Gasteiger partial charge in [-0.05, 0) is 31.2 Å². The summed E-state index contributed by atoms with van der Waals surface area (Å²) in [6.07, 6.45) is 3.54. The monoisotopic (exact) mass is 295 g/mol. The lowest BCUT2D eigenvalue weighted by Crippen LogP contribution is -2.26. The molecule has 0 amide bonds. The summed E-state index contributed by atoms with van der Waals surface area (Å²) in [5.41, 5.74) is 1.08. The Morgan fingerprint density at radius 3 is 2.52 bits per heavy atom. The SMILES string of the molecule is CCCCCOCC(NCC)c1cc(OC)ccc1OC. The lowest BCUT2D eigenvalue weighted by atomic mass is 10.1. The number of unbranched alkanes of at least 4 members (excludes halogenated alkanes) is 2. The molecule has 0 aliphatic carbocycles. The number of nitrogens with one attached hydrogen (secondary N) is 1.